The van der Waals surface area contributed by atoms with E-state index in [9.17, 15) is 9.59 Å². The van der Waals surface area contributed by atoms with Crippen molar-refractivity contribution in [3.05, 3.63) is 35.9 Å². The summed E-state index contributed by atoms with van der Waals surface area (Å²) in [4.78, 5) is 26.9. The molecule has 2 atom stereocenters. The number of hydrogen-bond donors (Lipinski definition) is 1. The maximum atomic E-state index is 12.8. The molecule has 4 heteroatoms. The summed E-state index contributed by atoms with van der Waals surface area (Å²) in [7, 11) is 0. The van der Waals surface area contributed by atoms with Gasteiger partial charge in [-0.15, -0.1) is 0 Å². The molecule has 1 N–H and O–H groups in total. The molecule has 0 radical (unpaired) electrons. The van der Waals surface area contributed by atoms with Gasteiger partial charge in [0.25, 0.3) is 0 Å². The van der Waals surface area contributed by atoms with E-state index in [1.54, 1.807) is 0 Å². The molecule has 2 amide bonds. The highest BCUT2D eigenvalue weighted by molar-refractivity contribution is 5.82. The summed E-state index contributed by atoms with van der Waals surface area (Å²) in [6.45, 7) is 5.19. The molecule has 0 unspecified atom stereocenters. The third-order valence-corrected chi connectivity index (χ3v) is 5.15. The Labute approximate surface area is 144 Å². The van der Waals surface area contributed by atoms with E-state index in [0.717, 1.165) is 19.4 Å². The fraction of sp³-hybridized carbons (Fsp3) is 0.600. The van der Waals surface area contributed by atoms with Crippen molar-refractivity contribution in [3.63, 3.8) is 0 Å². The van der Waals surface area contributed by atoms with E-state index in [1.165, 1.54) is 18.4 Å². The number of nitrogens with one attached hydrogen (secondary N) is 1. The fourth-order valence-electron chi connectivity index (χ4n) is 3.59. The molecular weight excluding hydrogens is 300 g/mol. The lowest BCUT2D eigenvalue weighted by Crippen LogP contribution is -2.47. The Hall–Kier alpha value is -1.84. The van der Waals surface area contributed by atoms with E-state index in [2.05, 4.69) is 17.4 Å². The standard InChI is InChI=1S/C20H28N2O2/c1-14(2)20(24)22-12-6-9-17(13-22)19(23)21-18(16-10-11-16)15-7-4-3-5-8-15/h3-5,7-8,14,16-18H,6,9-13H2,1-2H3,(H,21,23)/t17-,18+/m1/s1. The number of hydrogen-bond acceptors (Lipinski definition) is 2. The zero-order chi connectivity index (χ0) is 17.1. The maximum Gasteiger partial charge on any atom is 0.225 e. The van der Waals surface area contributed by atoms with Crippen LogP contribution < -0.4 is 5.32 Å². The van der Waals surface area contributed by atoms with Gasteiger partial charge in [0.05, 0.1) is 12.0 Å². The second kappa shape index (κ2) is 7.37. The first kappa shape index (κ1) is 17.0. The van der Waals surface area contributed by atoms with Gasteiger partial charge in [0, 0.05) is 19.0 Å². The number of piperidine rings is 1. The Morgan fingerprint density at radius 1 is 1.12 bits per heavy atom. The van der Waals surface area contributed by atoms with Gasteiger partial charge in [-0.1, -0.05) is 44.2 Å². The van der Waals surface area contributed by atoms with E-state index < -0.39 is 0 Å². The third kappa shape index (κ3) is 3.97. The Kier molecular flexibility index (Phi) is 5.22. The molecule has 1 saturated heterocycles. The highest BCUT2D eigenvalue weighted by atomic mass is 16.2. The van der Waals surface area contributed by atoms with Crippen LogP contribution >= 0.6 is 0 Å². The van der Waals surface area contributed by atoms with Crippen LogP contribution in [0.15, 0.2) is 30.3 Å². The summed E-state index contributed by atoms with van der Waals surface area (Å²) in [6.07, 6.45) is 4.15. The average molecular weight is 328 g/mol. The van der Waals surface area contributed by atoms with Crippen molar-refractivity contribution in [2.45, 2.75) is 45.6 Å². The first-order valence-corrected chi connectivity index (χ1v) is 9.20. The zero-order valence-electron chi connectivity index (χ0n) is 14.7. The molecule has 24 heavy (non-hydrogen) atoms. The molecule has 1 heterocycles. The Bertz CT molecular complexity index is 581. The summed E-state index contributed by atoms with van der Waals surface area (Å²) >= 11 is 0. The summed E-state index contributed by atoms with van der Waals surface area (Å²) in [6, 6.07) is 10.4. The van der Waals surface area contributed by atoms with Crippen LogP contribution in [0.2, 0.25) is 0 Å². The lowest BCUT2D eigenvalue weighted by molar-refractivity contribution is -0.138. The molecule has 0 bridgehead atoms. The molecule has 0 spiro atoms. The SMILES string of the molecule is CC(C)C(=O)N1CCC[C@@H](C(=O)N[C@@H](c2ccccc2)C2CC2)C1. The van der Waals surface area contributed by atoms with Gasteiger partial charge in [-0.3, -0.25) is 9.59 Å². The predicted octanol–water partition coefficient (Wildman–Crippen LogP) is 3.15. The largest absolute Gasteiger partial charge is 0.349 e. The van der Waals surface area contributed by atoms with Crippen molar-refractivity contribution >= 4 is 11.8 Å². The average Bonchev–Trinajstić information content (AvgIpc) is 3.44. The molecule has 2 aliphatic rings. The van der Waals surface area contributed by atoms with Crippen LogP contribution in [0.1, 0.15) is 51.1 Å². The van der Waals surface area contributed by atoms with E-state index in [4.69, 9.17) is 0 Å². The molecule has 4 nitrogen and oxygen atoms in total. The highest BCUT2D eigenvalue weighted by Gasteiger charge is 2.36. The van der Waals surface area contributed by atoms with Crippen LogP contribution in [0, 0.1) is 17.8 Å². The molecule has 1 saturated carbocycles. The third-order valence-electron chi connectivity index (χ3n) is 5.15. The minimum absolute atomic E-state index is 0.00431. The van der Waals surface area contributed by atoms with Crippen molar-refractivity contribution < 1.29 is 9.59 Å². The van der Waals surface area contributed by atoms with E-state index in [-0.39, 0.29) is 29.7 Å². The Morgan fingerprint density at radius 3 is 2.46 bits per heavy atom. The molecular formula is C20H28N2O2. The quantitative estimate of drug-likeness (QED) is 0.903. The van der Waals surface area contributed by atoms with Crippen molar-refractivity contribution in [1.29, 1.82) is 0 Å². The number of rotatable bonds is 5. The van der Waals surface area contributed by atoms with Gasteiger partial charge in [-0.05, 0) is 37.2 Å². The predicted molar refractivity (Wildman–Crippen MR) is 94.2 cm³/mol. The van der Waals surface area contributed by atoms with Gasteiger partial charge in [0.15, 0.2) is 0 Å². The second-order valence-corrected chi connectivity index (χ2v) is 7.51. The number of nitrogens with zero attached hydrogens (tertiary/aromatic N) is 1. The highest BCUT2D eigenvalue weighted by Crippen LogP contribution is 2.41. The molecule has 1 aromatic rings. The normalized spacial score (nSPS) is 22.3. The van der Waals surface area contributed by atoms with Gasteiger partial charge >= 0.3 is 0 Å². The van der Waals surface area contributed by atoms with Crippen molar-refractivity contribution in [2.24, 2.45) is 17.8 Å². The van der Waals surface area contributed by atoms with Gasteiger partial charge in [-0.2, -0.15) is 0 Å². The summed E-state index contributed by atoms with van der Waals surface area (Å²) in [5.74, 6) is 0.751. The number of likely N-dealkylation sites (tertiary alicyclic amines) is 1. The Morgan fingerprint density at radius 2 is 1.83 bits per heavy atom. The second-order valence-electron chi connectivity index (χ2n) is 7.51. The minimum atomic E-state index is -0.0774. The van der Waals surface area contributed by atoms with Gasteiger partial charge in [0.2, 0.25) is 11.8 Å². The van der Waals surface area contributed by atoms with Crippen LogP contribution in [0.4, 0.5) is 0 Å². The summed E-state index contributed by atoms with van der Waals surface area (Å²) in [5.41, 5.74) is 1.19. The molecule has 2 fully saturated rings. The van der Waals surface area contributed by atoms with Crippen molar-refractivity contribution in [1.82, 2.24) is 10.2 Å². The number of amides is 2. The molecule has 130 valence electrons. The molecule has 1 aliphatic carbocycles. The van der Waals surface area contributed by atoms with Gasteiger partial charge < -0.3 is 10.2 Å². The minimum Gasteiger partial charge on any atom is -0.349 e. The van der Waals surface area contributed by atoms with Gasteiger partial charge in [-0.25, -0.2) is 0 Å². The summed E-state index contributed by atoms with van der Waals surface area (Å²) in [5, 5.41) is 3.28. The van der Waals surface area contributed by atoms with Crippen LogP contribution in [0.25, 0.3) is 0 Å². The van der Waals surface area contributed by atoms with Crippen LogP contribution in [-0.2, 0) is 9.59 Å². The van der Waals surface area contributed by atoms with Crippen molar-refractivity contribution in [3.8, 4) is 0 Å². The number of benzene rings is 1. The fourth-order valence-corrected chi connectivity index (χ4v) is 3.59. The lowest BCUT2D eigenvalue weighted by atomic mass is 9.94. The zero-order valence-corrected chi connectivity index (χ0v) is 14.7. The van der Waals surface area contributed by atoms with Crippen LogP contribution in [0.5, 0.6) is 0 Å². The van der Waals surface area contributed by atoms with E-state index in [0.29, 0.717) is 12.5 Å². The van der Waals surface area contributed by atoms with E-state index >= 15 is 0 Å². The Balaban J connectivity index is 1.64. The van der Waals surface area contributed by atoms with Gasteiger partial charge in [0.1, 0.15) is 0 Å². The smallest absolute Gasteiger partial charge is 0.225 e. The topological polar surface area (TPSA) is 49.4 Å². The molecule has 1 aromatic carbocycles. The van der Waals surface area contributed by atoms with Crippen LogP contribution in [-0.4, -0.2) is 29.8 Å². The lowest BCUT2D eigenvalue weighted by Gasteiger charge is -2.34. The monoisotopic (exact) mass is 328 g/mol. The number of carbonyl (C=O) groups is 2. The van der Waals surface area contributed by atoms with Crippen molar-refractivity contribution in [2.75, 3.05) is 13.1 Å². The maximum absolute atomic E-state index is 12.8. The molecule has 3 rings (SSSR count). The van der Waals surface area contributed by atoms with E-state index in [1.807, 2.05) is 36.9 Å². The van der Waals surface area contributed by atoms with Crippen LogP contribution in [0.3, 0.4) is 0 Å². The number of carbonyl (C=O) groups excluding carboxylic acids is 2. The first-order valence-electron chi connectivity index (χ1n) is 9.20. The summed E-state index contributed by atoms with van der Waals surface area (Å²) < 4.78 is 0. The molecule has 0 aromatic heterocycles. The molecule has 1 aliphatic heterocycles. The first-order chi connectivity index (χ1) is 11.6.